The molecule has 2 fully saturated rings. The van der Waals surface area contributed by atoms with E-state index in [2.05, 4.69) is 10.6 Å². The number of nitrogens with one attached hydrogen (secondary N) is 2. The predicted octanol–water partition coefficient (Wildman–Crippen LogP) is 2.42. The minimum Gasteiger partial charge on any atom is -0.469 e. The van der Waals surface area contributed by atoms with E-state index in [1.165, 1.54) is 12.8 Å². The van der Waals surface area contributed by atoms with Crippen molar-refractivity contribution < 1.29 is 9.15 Å². The average molecular weight is 419 g/mol. The summed E-state index contributed by atoms with van der Waals surface area (Å²) in [5.41, 5.74) is 0. The first-order chi connectivity index (χ1) is 10.4. The van der Waals surface area contributed by atoms with Crippen LogP contribution < -0.4 is 10.6 Å². The van der Waals surface area contributed by atoms with Crippen LogP contribution in [0.5, 0.6) is 0 Å². The summed E-state index contributed by atoms with van der Waals surface area (Å²) in [5.74, 6) is 3.36. The van der Waals surface area contributed by atoms with E-state index in [9.17, 15) is 0 Å². The summed E-state index contributed by atoms with van der Waals surface area (Å²) < 4.78 is 10.8. The van der Waals surface area contributed by atoms with Crippen LogP contribution in [0.4, 0.5) is 0 Å². The highest BCUT2D eigenvalue weighted by molar-refractivity contribution is 14.0. The molecule has 2 heterocycles. The quantitative estimate of drug-likeness (QED) is 0.405. The molecule has 1 atom stereocenters. The van der Waals surface area contributed by atoms with Crippen molar-refractivity contribution in [3.05, 3.63) is 24.2 Å². The van der Waals surface area contributed by atoms with Crippen LogP contribution in [0.1, 0.15) is 25.0 Å². The molecule has 6 heteroatoms. The maximum atomic E-state index is 5.41. The van der Waals surface area contributed by atoms with Crippen molar-refractivity contribution in [1.29, 1.82) is 0 Å². The first kappa shape index (κ1) is 17.6. The molecule has 1 saturated heterocycles. The third-order valence-corrected chi connectivity index (χ3v) is 4.03. The molecule has 1 aromatic rings. The number of furan rings is 1. The molecule has 0 spiro atoms. The molecule has 5 nitrogen and oxygen atoms in total. The van der Waals surface area contributed by atoms with E-state index >= 15 is 0 Å². The van der Waals surface area contributed by atoms with E-state index in [4.69, 9.17) is 14.1 Å². The Morgan fingerprint density at radius 3 is 2.82 bits per heavy atom. The van der Waals surface area contributed by atoms with Gasteiger partial charge in [0, 0.05) is 38.6 Å². The standard InChI is InChI=1S/C16H25N3O2.HI/c1-2-15(21-8-1)5-7-17-16(18-10-13-3-4-13)19-11-14-6-9-20-12-14;/h1-2,8,13-14H,3-7,9-12H2,(H2,17,18,19);1H. The summed E-state index contributed by atoms with van der Waals surface area (Å²) in [4.78, 5) is 4.71. The molecule has 1 aliphatic carbocycles. The lowest BCUT2D eigenvalue weighted by Crippen LogP contribution is -2.39. The van der Waals surface area contributed by atoms with Crippen LogP contribution in [-0.2, 0) is 11.2 Å². The van der Waals surface area contributed by atoms with Gasteiger partial charge >= 0.3 is 0 Å². The van der Waals surface area contributed by atoms with Gasteiger partial charge in [0.05, 0.1) is 12.9 Å². The number of ether oxygens (including phenoxy) is 1. The van der Waals surface area contributed by atoms with Gasteiger partial charge in [0.1, 0.15) is 5.76 Å². The van der Waals surface area contributed by atoms with Crippen LogP contribution in [0, 0.1) is 11.8 Å². The zero-order chi connectivity index (χ0) is 14.3. The minimum absolute atomic E-state index is 0. The smallest absolute Gasteiger partial charge is 0.191 e. The van der Waals surface area contributed by atoms with Crippen molar-refractivity contribution in [2.75, 3.05) is 32.8 Å². The van der Waals surface area contributed by atoms with Crippen LogP contribution in [0.15, 0.2) is 27.8 Å². The van der Waals surface area contributed by atoms with Crippen LogP contribution in [0.3, 0.4) is 0 Å². The van der Waals surface area contributed by atoms with E-state index in [0.29, 0.717) is 5.92 Å². The zero-order valence-electron chi connectivity index (χ0n) is 12.9. The molecule has 1 aromatic heterocycles. The van der Waals surface area contributed by atoms with E-state index < -0.39 is 0 Å². The number of rotatable bonds is 7. The van der Waals surface area contributed by atoms with Gasteiger partial charge in [-0.2, -0.15) is 0 Å². The second-order valence-electron chi connectivity index (χ2n) is 6.00. The van der Waals surface area contributed by atoms with E-state index in [1.807, 2.05) is 12.1 Å². The minimum atomic E-state index is 0. The van der Waals surface area contributed by atoms with Crippen molar-refractivity contribution in [3.8, 4) is 0 Å². The Hall–Kier alpha value is -0.760. The molecular formula is C16H26IN3O2. The summed E-state index contributed by atoms with van der Waals surface area (Å²) >= 11 is 0. The largest absolute Gasteiger partial charge is 0.469 e. The average Bonchev–Trinajstić information content (AvgIpc) is 2.96. The Morgan fingerprint density at radius 2 is 2.14 bits per heavy atom. The molecular weight excluding hydrogens is 393 g/mol. The molecule has 0 aromatic carbocycles. The summed E-state index contributed by atoms with van der Waals surface area (Å²) in [6, 6.07) is 3.93. The number of aliphatic imine (C=N–C) groups is 1. The van der Waals surface area contributed by atoms with Gasteiger partial charge in [-0.1, -0.05) is 0 Å². The lowest BCUT2D eigenvalue weighted by atomic mass is 10.1. The van der Waals surface area contributed by atoms with E-state index in [0.717, 1.165) is 63.3 Å². The zero-order valence-corrected chi connectivity index (χ0v) is 15.3. The topological polar surface area (TPSA) is 58.8 Å². The van der Waals surface area contributed by atoms with Gasteiger partial charge in [-0.3, -0.25) is 4.99 Å². The number of halogens is 1. The Kier molecular flexibility index (Phi) is 7.51. The van der Waals surface area contributed by atoms with Gasteiger partial charge in [-0.05, 0) is 37.3 Å². The summed E-state index contributed by atoms with van der Waals surface area (Å²) in [6.07, 6.45) is 6.43. The highest BCUT2D eigenvalue weighted by Crippen LogP contribution is 2.27. The SMILES string of the molecule is I.c1coc(CCNC(=NCC2CCOC2)NCC2CC2)c1. The number of hydrogen-bond donors (Lipinski definition) is 2. The van der Waals surface area contributed by atoms with Gasteiger partial charge in [-0.25, -0.2) is 0 Å². The third-order valence-electron chi connectivity index (χ3n) is 4.03. The molecule has 22 heavy (non-hydrogen) atoms. The molecule has 1 saturated carbocycles. The Morgan fingerprint density at radius 1 is 1.23 bits per heavy atom. The van der Waals surface area contributed by atoms with Crippen LogP contribution in [0.2, 0.25) is 0 Å². The van der Waals surface area contributed by atoms with Crippen molar-refractivity contribution in [2.24, 2.45) is 16.8 Å². The van der Waals surface area contributed by atoms with Gasteiger partial charge in [0.25, 0.3) is 0 Å². The summed E-state index contributed by atoms with van der Waals surface area (Å²) in [7, 11) is 0. The fourth-order valence-corrected chi connectivity index (χ4v) is 2.44. The Bertz CT molecular complexity index is 440. The predicted molar refractivity (Wildman–Crippen MR) is 97.8 cm³/mol. The molecule has 2 N–H and O–H groups in total. The normalized spacial score (nSPS) is 21.5. The van der Waals surface area contributed by atoms with Crippen molar-refractivity contribution in [3.63, 3.8) is 0 Å². The molecule has 0 amide bonds. The first-order valence-electron chi connectivity index (χ1n) is 8.02. The van der Waals surface area contributed by atoms with Gasteiger partial charge in [0.15, 0.2) is 5.96 Å². The van der Waals surface area contributed by atoms with Gasteiger partial charge in [-0.15, -0.1) is 24.0 Å². The number of nitrogens with zero attached hydrogens (tertiary/aromatic N) is 1. The summed E-state index contributed by atoms with van der Waals surface area (Å²) in [6.45, 7) is 4.46. The highest BCUT2D eigenvalue weighted by Gasteiger charge is 2.21. The molecule has 0 radical (unpaired) electrons. The van der Waals surface area contributed by atoms with Crippen LogP contribution in [0.25, 0.3) is 0 Å². The molecule has 2 aliphatic rings. The molecule has 3 rings (SSSR count). The molecule has 124 valence electrons. The number of guanidine groups is 1. The molecule has 1 aliphatic heterocycles. The van der Waals surface area contributed by atoms with Gasteiger partial charge in [0.2, 0.25) is 0 Å². The highest BCUT2D eigenvalue weighted by atomic mass is 127. The van der Waals surface area contributed by atoms with Gasteiger partial charge < -0.3 is 19.8 Å². The Labute approximate surface area is 149 Å². The maximum Gasteiger partial charge on any atom is 0.191 e. The van der Waals surface area contributed by atoms with Crippen molar-refractivity contribution in [2.45, 2.75) is 25.7 Å². The maximum absolute atomic E-state index is 5.41. The van der Waals surface area contributed by atoms with Crippen LogP contribution >= 0.6 is 24.0 Å². The lowest BCUT2D eigenvalue weighted by molar-refractivity contribution is 0.187. The van der Waals surface area contributed by atoms with Crippen molar-refractivity contribution >= 4 is 29.9 Å². The van der Waals surface area contributed by atoms with Crippen molar-refractivity contribution in [1.82, 2.24) is 10.6 Å². The lowest BCUT2D eigenvalue weighted by Gasteiger charge is -2.13. The fourth-order valence-electron chi connectivity index (χ4n) is 2.44. The molecule has 0 bridgehead atoms. The van der Waals surface area contributed by atoms with Crippen LogP contribution in [-0.4, -0.2) is 38.8 Å². The Balaban J connectivity index is 0.00000176. The van der Waals surface area contributed by atoms with E-state index in [1.54, 1.807) is 6.26 Å². The first-order valence-corrected chi connectivity index (χ1v) is 8.02. The third kappa shape index (κ3) is 6.16. The molecule has 1 unspecified atom stereocenters. The monoisotopic (exact) mass is 419 g/mol. The van der Waals surface area contributed by atoms with E-state index in [-0.39, 0.29) is 24.0 Å². The second kappa shape index (κ2) is 9.39. The summed E-state index contributed by atoms with van der Waals surface area (Å²) in [5, 5.41) is 6.86. The fraction of sp³-hybridized carbons (Fsp3) is 0.688. The second-order valence-corrected chi connectivity index (χ2v) is 6.00. The number of hydrogen-bond acceptors (Lipinski definition) is 3.